The molecule has 1 aromatic heterocycles. The molecule has 0 unspecified atom stereocenters. The van der Waals surface area contributed by atoms with Crippen molar-refractivity contribution in [3.05, 3.63) is 0 Å². The van der Waals surface area contributed by atoms with Gasteiger partial charge in [0.05, 0.1) is 0 Å². The van der Waals surface area contributed by atoms with E-state index in [1.807, 2.05) is 0 Å². The third kappa shape index (κ3) is 8.98. The van der Waals surface area contributed by atoms with Crippen LogP contribution in [0, 0.1) is 0 Å². The van der Waals surface area contributed by atoms with Crippen LogP contribution in [-0.2, 0) is 25.3 Å². The van der Waals surface area contributed by atoms with Crippen LogP contribution >= 0.6 is 0 Å². The Bertz CT molecular complexity index is 327. The molecule has 0 saturated heterocycles. The van der Waals surface area contributed by atoms with E-state index in [4.69, 9.17) is 25.3 Å². The van der Waals surface area contributed by atoms with E-state index >= 15 is 0 Å². The van der Waals surface area contributed by atoms with E-state index < -0.39 is 0 Å². The molecular weight excluding hydrogens is 298 g/mol. The molecule has 1 heterocycles. The molecule has 1 rings (SSSR count). The van der Waals surface area contributed by atoms with Crippen LogP contribution in [-0.4, -0.2) is 28.0 Å². The minimum absolute atomic E-state index is 0. The van der Waals surface area contributed by atoms with Gasteiger partial charge in [0.25, 0.3) is 0 Å². The van der Waals surface area contributed by atoms with Gasteiger partial charge in [-0.05, 0) is 12.8 Å². The zero-order valence-electron chi connectivity index (χ0n) is 12.3. The predicted octanol–water partition coefficient (Wildman–Crippen LogP) is -3.90. The molecular formula is C11H18N4Na2S2. The quantitative estimate of drug-likeness (QED) is 0.378. The topological polar surface area (TPSA) is 41.9 Å². The molecule has 0 bridgehead atoms. The van der Waals surface area contributed by atoms with E-state index in [0.29, 0.717) is 5.95 Å². The largest absolute Gasteiger partial charge is 1.00 e. The maximum absolute atomic E-state index is 4.98. The molecule has 0 radical (unpaired) electrons. The smallest absolute Gasteiger partial charge is 0.740 e. The van der Waals surface area contributed by atoms with Gasteiger partial charge in [-0.25, -0.2) is 9.97 Å². The zero-order chi connectivity index (χ0) is 12.7. The molecule has 4 nitrogen and oxygen atoms in total. The Balaban J connectivity index is 0. The van der Waals surface area contributed by atoms with Crippen molar-refractivity contribution in [1.29, 1.82) is 0 Å². The van der Waals surface area contributed by atoms with E-state index in [9.17, 15) is 0 Å². The van der Waals surface area contributed by atoms with Gasteiger partial charge in [0.15, 0.2) is 0 Å². The van der Waals surface area contributed by atoms with Gasteiger partial charge in [-0.2, -0.15) is 0 Å². The van der Waals surface area contributed by atoms with Crippen molar-refractivity contribution in [3.63, 3.8) is 0 Å². The number of hydrogen-bond donors (Lipinski definition) is 0. The summed E-state index contributed by atoms with van der Waals surface area (Å²) < 4.78 is 0. The summed E-state index contributed by atoms with van der Waals surface area (Å²) in [7, 11) is 0. The van der Waals surface area contributed by atoms with Crippen LogP contribution in [0.1, 0.15) is 39.5 Å². The van der Waals surface area contributed by atoms with Crippen molar-refractivity contribution in [2.24, 2.45) is 0 Å². The molecule has 19 heavy (non-hydrogen) atoms. The molecule has 8 heteroatoms. The number of rotatable bonds is 7. The summed E-state index contributed by atoms with van der Waals surface area (Å²) >= 11 is 9.95. The second-order valence-corrected chi connectivity index (χ2v) is 4.63. The fraction of sp³-hybridized carbons (Fsp3) is 0.727. The van der Waals surface area contributed by atoms with E-state index in [1.54, 1.807) is 0 Å². The van der Waals surface area contributed by atoms with Gasteiger partial charge in [0.2, 0.25) is 5.95 Å². The van der Waals surface area contributed by atoms with Crippen molar-refractivity contribution in [1.82, 2.24) is 15.0 Å². The third-order valence-corrected chi connectivity index (χ3v) is 2.79. The number of nitrogens with zero attached hydrogens (tertiary/aromatic N) is 4. The molecule has 0 fully saturated rings. The molecule has 0 aromatic carbocycles. The summed E-state index contributed by atoms with van der Waals surface area (Å²) in [6.45, 7) is 6.24. The average Bonchev–Trinajstić information content (AvgIpc) is 2.28. The molecule has 0 atom stereocenters. The average molecular weight is 316 g/mol. The SMILES string of the molecule is CCCCN(CCCC)c1nc([S-])nc([S-])n1.[Na+].[Na+]. The van der Waals surface area contributed by atoms with Crippen LogP contribution in [0.2, 0.25) is 0 Å². The van der Waals surface area contributed by atoms with Gasteiger partial charge in [0.1, 0.15) is 0 Å². The van der Waals surface area contributed by atoms with Gasteiger partial charge in [-0.1, -0.05) is 26.7 Å². The minimum atomic E-state index is 0. The van der Waals surface area contributed by atoms with Crippen molar-refractivity contribution in [2.45, 2.75) is 49.8 Å². The second kappa shape index (κ2) is 13.0. The van der Waals surface area contributed by atoms with Crippen molar-refractivity contribution >= 4 is 31.2 Å². The van der Waals surface area contributed by atoms with Crippen LogP contribution in [0.15, 0.2) is 10.3 Å². The molecule has 0 aliphatic heterocycles. The van der Waals surface area contributed by atoms with Crippen LogP contribution in [0.3, 0.4) is 0 Å². The molecule has 0 N–H and O–H groups in total. The van der Waals surface area contributed by atoms with Crippen LogP contribution in [0.4, 0.5) is 5.95 Å². The zero-order valence-corrected chi connectivity index (χ0v) is 18.0. The summed E-state index contributed by atoms with van der Waals surface area (Å²) in [5, 5.41) is 0.580. The van der Waals surface area contributed by atoms with Gasteiger partial charge < -0.3 is 30.2 Å². The van der Waals surface area contributed by atoms with Crippen molar-refractivity contribution < 1.29 is 59.1 Å². The van der Waals surface area contributed by atoms with Gasteiger partial charge in [-0.15, -0.1) is 0 Å². The Hall–Kier alpha value is 1.25. The first kappa shape index (κ1) is 22.5. The Morgan fingerprint density at radius 1 is 0.842 bits per heavy atom. The molecule has 96 valence electrons. The van der Waals surface area contributed by atoms with E-state index in [0.717, 1.165) is 38.8 Å². The number of hydrogen-bond acceptors (Lipinski definition) is 6. The van der Waals surface area contributed by atoms with E-state index in [1.165, 1.54) is 0 Å². The molecule has 0 saturated carbocycles. The van der Waals surface area contributed by atoms with Gasteiger partial charge in [0, 0.05) is 23.4 Å². The van der Waals surface area contributed by atoms with Crippen molar-refractivity contribution in [3.8, 4) is 0 Å². The third-order valence-electron chi connectivity index (χ3n) is 2.43. The summed E-state index contributed by atoms with van der Waals surface area (Å²) in [6.07, 6.45) is 4.54. The molecule has 0 amide bonds. The maximum Gasteiger partial charge on any atom is 1.00 e. The van der Waals surface area contributed by atoms with Gasteiger partial charge in [-0.3, -0.25) is 4.98 Å². The Morgan fingerprint density at radius 3 is 1.63 bits per heavy atom. The normalized spacial score (nSPS) is 9.37. The van der Waals surface area contributed by atoms with Crippen LogP contribution < -0.4 is 64.0 Å². The summed E-state index contributed by atoms with van der Waals surface area (Å²) in [5.74, 6) is 0.636. The van der Waals surface area contributed by atoms with E-state index in [-0.39, 0.29) is 69.4 Å². The molecule has 0 aliphatic rings. The first-order chi connectivity index (χ1) is 8.17. The molecule has 1 aromatic rings. The van der Waals surface area contributed by atoms with Crippen molar-refractivity contribution in [2.75, 3.05) is 18.0 Å². The molecule has 0 aliphatic carbocycles. The molecule has 0 spiro atoms. The fourth-order valence-electron chi connectivity index (χ4n) is 1.48. The Morgan fingerprint density at radius 2 is 1.26 bits per heavy atom. The number of unbranched alkanes of at least 4 members (excludes halogenated alkanes) is 2. The standard InChI is InChI=1S/C11H20N4S2.2Na/c1-3-5-7-15(8-6-4-2)9-12-10(16)14-11(17)13-9;;/h3-8H2,1-2H3,(H2,12,13,14,16,17);;/q;2*+1/p-2. The Kier molecular flexibility index (Phi) is 15.4. The first-order valence-corrected chi connectivity index (χ1v) is 6.84. The number of anilines is 1. The van der Waals surface area contributed by atoms with Crippen LogP contribution in [0.5, 0.6) is 0 Å². The maximum atomic E-state index is 4.98. The summed E-state index contributed by atoms with van der Waals surface area (Å²) in [4.78, 5) is 14.4. The first-order valence-electron chi connectivity index (χ1n) is 6.02. The van der Waals surface area contributed by atoms with E-state index in [2.05, 4.69) is 33.7 Å². The number of aromatic nitrogens is 3. The monoisotopic (exact) mass is 316 g/mol. The summed E-state index contributed by atoms with van der Waals surface area (Å²) in [6, 6.07) is 0. The second-order valence-electron chi connectivity index (χ2n) is 3.89. The Labute approximate surface area is 171 Å². The summed E-state index contributed by atoms with van der Waals surface area (Å²) in [5.41, 5.74) is 0. The minimum Gasteiger partial charge on any atom is -0.740 e. The van der Waals surface area contributed by atoms with Gasteiger partial charge >= 0.3 is 59.1 Å². The fourth-order valence-corrected chi connectivity index (χ4v) is 1.87. The van der Waals surface area contributed by atoms with Crippen LogP contribution in [0.25, 0.3) is 0 Å². The predicted molar refractivity (Wildman–Crippen MR) is 73.1 cm³/mol.